The van der Waals surface area contributed by atoms with Gasteiger partial charge < -0.3 is 9.64 Å². The Morgan fingerprint density at radius 2 is 1.86 bits per heavy atom. The first-order valence-electron chi connectivity index (χ1n) is 9.85. The number of rotatable bonds is 5. The van der Waals surface area contributed by atoms with E-state index in [1.54, 1.807) is 24.0 Å². The molecule has 0 unspecified atom stereocenters. The van der Waals surface area contributed by atoms with Gasteiger partial charge in [0.05, 0.1) is 18.4 Å². The van der Waals surface area contributed by atoms with Crippen molar-refractivity contribution >= 4 is 33.2 Å². The van der Waals surface area contributed by atoms with Gasteiger partial charge in [-0.1, -0.05) is 0 Å². The molecular weight excluding hydrogens is 400 g/mol. The third-order valence-electron chi connectivity index (χ3n) is 5.40. The summed E-state index contributed by atoms with van der Waals surface area (Å²) in [6, 6.07) is 3.43. The van der Waals surface area contributed by atoms with E-state index in [9.17, 15) is 18.0 Å². The number of hydrogen-bond acceptors (Lipinski definition) is 6. The van der Waals surface area contributed by atoms with E-state index in [0.29, 0.717) is 43.3 Å². The maximum absolute atomic E-state index is 13.0. The van der Waals surface area contributed by atoms with Gasteiger partial charge in [0, 0.05) is 31.1 Å². The molecule has 28 heavy (non-hydrogen) atoms. The van der Waals surface area contributed by atoms with Crippen molar-refractivity contribution < 1.29 is 22.7 Å². The Labute approximate surface area is 170 Å². The van der Waals surface area contributed by atoms with Crippen LogP contribution in [0.25, 0.3) is 0 Å². The van der Waals surface area contributed by atoms with Crippen molar-refractivity contribution in [1.29, 1.82) is 0 Å². The molecule has 9 heteroatoms. The zero-order chi connectivity index (χ0) is 20.3. The summed E-state index contributed by atoms with van der Waals surface area (Å²) in [5, 5.41) is 0. The Kier molecular flexibility index (Phi) is 6.77. The molecule has 0 aromatic carbocycles. The lowest BCUT2D eigenvalue weighted by atomic mass is 9.94. The first-order valence-corrected chi connectivity index (χ1v) is 12.1. The van der Waals surface area contributed by atoms with Crippen LogP contribution in [-0.2, 0) is 24.3 Å². The summed E-state index contributed by atoms with van der Waals surface area (Å²) in [5.41, 5.74) is 0. The molecule has 1 aromatic heterocycles. The van der Waals surface area contributed by atoms with Gasteiger partial charge in [-0.15, -0.1) is 11.3 Å². The Morgan fingerprint density at radius 1 is 1.14 bits per heavy atom. The third kappa shape index (κ3) is 4.58. The van der Waals surface area contributed by atoms with E-state index >= 15 is 0 Å². The number of nitrogens with zero attached hydrogens (tertiary/aromatic N) is 2. The molecule has 2 aliphatic heterocycles. The monoisotopic (exact) mass is 428 g/mol. The van der Waals surface area contributed by atoms with Gasteiger partial charge in [0.15, 0.2) is 0 Å². The van der Waals surface area contributed by atoms with Crippen LogP contribution >= 0.6 is 11.3 Å². The van der Waals surface area contributed by atoms with Crippen LogP contribution in [0.2, 0.25) is 0 Å². The lowest BCUT2D eigenvalue weighted by Gasteiger charge is -2.37. The quantitative estimate of drug-likeness (QED) is 0.672. The Morgan fingerprint density at radius 3 is 2.54 bits per heavy atom. The maximum Gasteiger partial charge on any atom is 0.310 e. The number of amides is 1. The summed E-state index contributed by atoms with van der Waals surface area (Å²) >= 11 is 1.26. The number of sulfonamides is 1. The standard InChI is InChI=1S/C19H28N2O5S2/c1-3-26-19(23)16-7-4-10-20(12-16)18(22)15-6-5-11-21(13-15)28(24,25)17-9-8-14(2)27-17/h8-9,15-16H,3-7,10-13H2,1-2H3/t15-,16+/m1/s1. The predicted molar refractivity (Wildman–Crippen MR) is 106 cm³/mol. The molecule has 1 aromatic rings. The number of esters is 1. The number of carbonyl (C=O) groups excluding carboxylic acids is 2. The van der Waals surface area contributed by atoms with Crippen molar-refractivity contribution in [3.8, 4) is 0 Å². The average molecular weight is 429 g/mol. The predicted octanol–water partition coefficient (Wildman–Crippen LogP) is 2.26. The Balaban J connectivity index is 1.66. The maximum atomic E-state index is 13.0. The van der Waals surface area contributed by atoms with E-state index in [2.05, 4.69) is 0 Å². The molecular formula is C19H28N2O5S2. The van der Waals surface area contributed by atoms with E-state index in [0.717, 1.165) is 17.7 Å². The second-order valence-corrected chi connectivity index (χ2v) is 10.9. The average Bonchev–Trinajstić information content (AvgIpc) is 3.15. The lowest BCUT2D eigenvalue weighted by molar-refractivity contribution is -0.152. The van der Waals surface area contributed by atoms with Crippen molar-refractivity contribution in [3.05, 3.63) is 17.0 Å². The fourth-order valence-corrected chi connectivity index (χ4v) is 6.89. The van der Waals surface area contributed by atoms with E-state index in [-0.39, 0.29) is 30.3 Å². The summed E-state index contributed by atoms with van der Waals surface area (Å²) < 4.78 is 32.7. The van der Waals surface area contributed by atoms with Gasteiger partial charge in [0.1, 0.15) is 4.21 Å². The highest BCUT2D eigenvalue weighted by molar-refractivity contribution is 7.91. The second kappa shape index (κ2) is 8.92. The van der Waals surface area contributed by atoms with Crippen molar-refractivity contribution in [2.45, 2.75) is 43.7 Å². The molecule has 3 rings (SSSR count). The number of ether oxygens (including phenoxy) is 1. The number of carbonyl (C=O) groups is 2. The zero-order valence-corrected chi connectivity index (χ0v) is 18.1. The molecule has 7 nitrogen and oxygen atoms in total. The van der Waals surface area contributed by atoms with Gasteiger partial charge in [-0.25, -0.2) is 8.42 Å². The second-order valence-electron chi connectivity index (χ2n) is 7.44. The van der Waals surface area contributed by atoms with Crippen molar-refractivity contribution in [1.82, 2.24) is 9.21 Å². The van der Waals surface area contributed by atoms with Crippen LogP contribution in [0.3, 0.4) is 0 Å². The summed E-state index contributed by atoms with van der Waals surface area (Å²) in [5.74, 6) is -0.933. The largest absolute Gasteiger partial charge is 0.466 e. The van der Waals surface area contributed by atoms with Crippen molar-refractivity contribution in [2.24, 2.45) is 11.8 Å². The van der Waals surface area contributed by atoms with Crippen LogP contribution in [0.4, 0.5) is 0 Å². The van der Waals surface area contributed by atoms with Crippen molar-refractivity contribution in [2.75, 3.05) is 32.8 Å². The minimum atomic E-state index is -3.56. The molecule has 156 valence electrons. The van der Waals surface area contributed by atoms with Crippen LogP contribution in [0.1, 0.15) is 37.5 Å². The topological polar surface area (TPSA) is 84.0 Å². The van der Waals surface area contributed by atoms with Gasteiger partial charge in [0.2, 0.25) is 5.91 Å². The Bertz CT molecular complexity index is 820. The highest BCUT2D eigenvalue weighted by Crippen LogP contribution is 2.29. The highest BCUT2D eigenvalue weighted by atomic mass is 32.2. The van der Waals surface area contributed by atoms with E-state index in [1.807, 2.05) is 6.92 Å². The van der Waals surface area contributed by atoms with Gasteiger partial charge in [0.25, 0.3) is 10.0 Å². The molecule has 2 aliphatic rings. The number of thiophene rings is 1. The minimum absolute atomic E-state index is 0.0451. The lowest BCUT2D eigenvalue weighted by Crippen LogP contribution is -2.50. The first kappa shape index (κ1) is 21.3. The summed E-state index contributed by atoms with van der Waals surface area (Å²) in [6.07, 6.45) is 2.83. The molecule has 2 atom stereocenters. The van der Waals surface area contributed by atoms with Crippen LogP contribution in [-0.4, -0.2) is 62.3 Å². The summed E-state index contributed by atoms with van der Waals surface area (Å²) in [6.45, 7) is 5.61. The summed E-state index contributed by atoms with van der Waals surface area (Å²) in [4.78, 5) is 27.8. The SMILES string of the molecule is CCOC(=O)[C@H]1CCCN(C(=O)[C@@H]2CCCN(S(=O)(=O)c3ccc(C)s3)C2)C1. The molecule has 0 aliphatic carbocycles. The molecule has 0 spiro atoms. The summed E-state index contributed by atoms with van der Waals surface area (Å²) in [7, 11) is -3.56. The molecule has 2 fully saturated rings. The number of aryl methyl sites for hydroxylation is 1. The van der Waals surface area contributed by atoms with Gasteiger partial charge in [-0.3, -0.25) is 9.59 Å². The number of hydrogen-bond donors (Lipinski definition) is 0. The molecule has 0 saturated carbocycles. The number of likely N-dealkylation sites (tertiary alicyclic amines) is 1. The van der Waals surface area contributed by atoms with Crippen LogP contribution in [0.5, 0.6) is 0 Å². The molecule has 0 N–H and O–H groups in total. The first-order chi connectivity index (χ1) is 13.3. The van der Waals surface area contributed by atoms with E-state index in [4.69, 9.17) is 4.74 Å². The zero-order valence-electron chi connectivity index (χ0n) is 16.4. The van der Waals surface area contributed by atoms with Crippen LogP contribution < -0.4 is 0 Å². The molecule has 0 radical (unpaired) electrons. The third-order valence-corrected chi connectivity index (χ3v) is 8.73. The highest BCUT2D eigenvalue weighted by Gasteiger charge is 2.37. The molecule has 2 saturated heterocycles. The van der Waals surface area contributed by atoms with Crippen LogP contribution in [0.15, 0.2) is 16.3 Å². The van der Waals surface area contributed by atoms with Gasteiger partial charge in [-0.2, -0.15) is 4.31 Å². The van der Waals surface area contributed by atoms with Gasteiger partial charge >= 0.3 is 5.97 Å². The van der Waals surface area contributed by atoms with Crippen LogP contribution in [0, 0.1) is 18.8 Å². The van der Waals surface area contributed by atoms with E-state index < -0.39 is 10.0 Å². The van der Waals surface area contributed by atoms with E-state index in [1.165, 1.54) is 15.6 Å². The molecule has 1 amide bonds. The number of piperidine rings is 2. The molecule has 0 bridgehead atoms. The fourth-order valence-electron chi connectivity index (χ4n) is 3.93. The molecule has 3 heterocycles. The normalized spacial score (nSPS) is 24.1. The minimum Gasteiger partial charge on any atom is -0.466 e. The Hall–Kier alpha value is -1.45. The van der Waals surface area contributed by atoms with Gasteiger partial charge in [-0.05, 0) is 51.7 Å². The smallest absolute Gasteiger partial charge is 0.310 e. The fraction of sp³-hybridized carbons (Fsp3) is 0.684. The van der Waals surface area contributed by atoms with Crippen molar-refractivity contribution in [3.63, 3.8) is 0 Å².